The van der Waals surface area contributed by atoms with E-state index in [4.69, 9.17) is 4.74 Å². The number of benzene rings is 2. The van der Waals surface area contributed by atoms with Crippen molar-refractivity contribution in [2.45, 2.75) is 32.6 Å². The lowest BCUT2D eigenvalue weighted by atomic mass is 10.1. The molecule has 0 atom stereocenters. The number of unbranched alkanes of at least 4 members (excludes halogenated alkanes) is 2. The second kappa shape index (κ2) is 13.4. The van der Waals surface area contributed by atoms with E-state index in [9.17, 15) is 14.4 Å². The molecule has 0 saturated heterocycles. The fourth-order valence-corrected chi connectivity index (χ4v) is 3.20. The number of ether oxygens (including phenoxy) is 1. The van der Waals surface area contributed by atoms with Crippen LogP contribution in [0.2, 0.25) is 0 Å². The molecule has 0 aliphatic carbocycles. The minimum absolute atomic E-state index is 0.169. The number of carbonyl (C=O) groups excluding carboxylic acids is 3. The molecular formula is C24H27BrN2O4. The SMILES string of the molecule is CCOC(=O)CCCCCNC(=O)/C(=C\c1ccccc1)NC(=O)c1cccc(Br)c1. The van der Waals surface area contributed by atoms with Gasteiger partial charge in [0, 0.05) is 23.0 Å². The Morgan fingerprint density at radius 3 is 2.48 bits per heavy atom. The molecule has 0 unspecified atom stereocenters. The van der Waals surface area contributed by atoms with Gasteiger partial charge in [-0.1, -0.05) is 58.7 Å². The van der Waals surface area contributed by atoms with Gasteiger partial charge in [-0.3, -0.25) is 14.4 Å². The average Bonchev–Trinajstić information content (AvgIpc) is 2.76. The van der Waals surface area contributed by atoms with E-state index in [2.05, 4.69) is 26.6 Å². The summed E-state index contributed by atoms with van der Waals surface area (Å²) in [7, 11) is 0. The molecule has 0 aliphatic rings. The molecule has 2 rings (SSSR count). The Bertz CT molecular complexity index is 913. The Labute approximate surface area is 191 Å². The molecule has 0 aliphatic heterocycles. The highest BCUT2D eigenvalue weighted by Gasteiger charge is 2.14. The zero-order chi connectivity index (χ0) is 22.5. The quantitative estimate of drug-likeness (QED) is 0.279. The smallest absolute Gasteiger partial charge is 0.305 e. The molecule has 31 heavy (non-hydrogen) atoms. The van der Waals surface area contributed by atoms with Crippen molar-refractivity contribution in [1.82, 2.24) is 10.6 Å². The minimum atomic E-state index is -0.368. The van der Waals surface area contributed by atoms with Crippen LogP contribution in [0.1, 0.15) is 48.5 Å². The van der Waals surface area contributed by atoms with Gasteiger partial charge >= 0.3 is 5.97 Å². The number of hydrogen-bond donors (Lipinski definition) is 2. The van der Waals surface area contributed by atoms with Gasteiger partial charge in [0.2, 0.25) is 0 Å². The van der Waals surface area contributed by atoms with Crippen LogP contribution in [0.15, 0.2) is 64.8 Å². The molecule has 164 valence electrons. The molecular weight excluding hydrogens is 460 g/mol. The fourth-order valence-electron chi connectivity index (χ4n) is 2.80. The summed E-state index contributed by atoms with van der Waals surface area (Å²) >= 11 is 3.35. The summed E-state index contributed by atoms with van der Waals surface area (Å²) in [6.07, 6.45) is 4.25. The third-order valence-electron chi connectivity index (χ3n) is 4.34. The van der Waals surface area contributed by atoms with Crippen molar-refractivity contribution in [2.24, 2.45) is 0 Å². The van der Waals surface area contributed by atoms with Gasteiger partial charge < -0.3 is 15.4 Å². The summed E-state index contributed by atoms with van der Waals surface area (Å²) in [6.45, 7) is 2.61. The highest BCUT2D eigenvalue weighted by atomic mass is 79.9. The topological polar surface area (TPSA) is 84.5 Å². The Kier molecular flexibility index (Phi) is 10.5. The lowest BCUT2D eigenvalue weighted by Gasteiger charge is -2.11. The fraction of sp³-hybridized carbons (Fsp3) is 0.292. The molecule has 0 bridgehead atoms. The molecule has 0 radical (unpaired) electrons. The summed E-state index contributed by atoms with van der Waals surface area (Å²) in [4.78, 5) is 36.7. The van der Waals surface area contributed by atoms with Gasteiger partial charge in [0.05, 0.1) is 6.61 Å². The normalized spacial score (nSPS) is 11.0. The Morgan fingerprint density at radius 1 is 1.00 bits per heavy atom. The third kappa shape index (κ3) is 9.17. The van der Waals surface area contributed by atoms with Gasteiger partial charge in [0.15, 0.2) is 0 Å². The molecule has 2 N–H and O–H groups in total. The molecule has 2 amide bonds. The summed E-state index contributed by atoms with van der Waals surface area (Å²) in [5.74, 6) is -0.930. The second-order valence-corrected chi connectivity index (χ2v) is 7.72. The van der Waals surface area contributed by atoms with Crippen LogP contribution in [0.3, 0.4) is 0 Å². The highest BCUT2D eigenvalue weighted by Crippen LogP contribution is 2.13. The van der Waals surface area contributed by atoms with E-state index < -0.39 is 0 Å². The van der Waals surface area contributed by atoms with Crippen LogP contribution in [0, 0.1) is 0 Å². The maximum absolute atomic E-state index is 12.7. The molecule has 7 heteroatoms. The Morgan fingerprint density at radius 2 is 1.77 bits per heavy atom. The van der Waals surface area contributed by atoms with Crippen molar-refractivity contribution >= 4 is 39.8 Å². The zero-order valence-corrected chi connectivity index (χ0v) is 19.1. The first-order valence-corrected chi connectivity index (χ1v) is 11.1. The number of carbonyl (C=O) groups is 3. The van der Waals surface area contributed by atoms with Crippen molar-refractivity contribution in [3.05, 3.63) is 75.9 Å². The van der Waals surface area contributed by atoms with Gasteiger partial charge in [0.1, 0.15) is 5.70 Å². The first-order valence-electron chi connectivity index (χ1n) is 10.3. The molecule has 0 heterocycles. The predicted molar refractivity (Wildman–Crippen MR) is 124 cm³/mol. The first kappa shape index (κ1) is 24.3. The largest absolute Gasteiger partial charge is 0.466 e. The van der Waals surface area contributed by atoms with E-state index in [0.717, 1.165) is 22.9 Å². The highest BCUT2D eigenvalue weighted by molar-refractivity contribution is 9.10. The lowest BCUT2D eigenvalue weighted by Crippen LogP contribution is -2.35. The van der Waals surface area contributed by atoms with Crippen LogP contribution in [0.4, 0.5) is 0 Å². The van der Waals surface area contributed by atoms with Gasteiger partial charge in [-0.05, 0) is 49.6 Å². The predicted octanol–water partition coefficient (Wildman–Crippen LogP) is 4.46. The number of esters is 1. The molecule has 0 fully saturated rings. The number of nitrogens with one attached hydrogen (secondary N) is 2. The van der Waals surface area contributed by atoms with Crippen molar-refractivity contribution in [3.63, 3.8) is 0 Å². The van der Waals surface area contributed by atoms with E-state index in [1.165, 1.54) is 0 Å². The standard InChI is InChI=1S/C24H27BrN2O4/c1-2-31-22(28)14-7-4-8-15-26-24(30)21(16-18-10-5-3-6-11-18)27-23(29)19-12-9-13-20(25)17-19/h3,5-6,9-13,16-17H,2,4,7-8,14-15H2,1H3,(H,26,30)(H,27,29)/b21-16+. The van der Waals surface area contributed by atoms with E-state index in [1.807, 2.05) is 36.4 Å². The average molecular weight is 487 g/mol. The van der Waals surface area contributed by atoms with E-state index in [-0.39, 0.29) is 23.5 Å². The number of amides is 2. The van der Waals surface area contributed by atoms with Crippen LogP contribution in [0.5, 0.6) is 0 Å². The summed E-state index contributed by atoms with van der Waals surface area (Å²) in [5, 5.41) is 5.56. The lowest BCUT2D eigenvalue weighted by molar-refractivity contribution is -0.143. The molecule has 0 aromatic heterocycles. The first-order chi connectivity index (χ1) is 15.0. The third-order valence-corrected chi connectivity index (χ3v) is 4.83. The number of hydrogen-bond acceptors (Lipinski definition) is 4. The number of rotatable bonds is 11. The van der Waals surface area contributed by atoms with E-state index in [1.54, 1.807) is 31.2 Å². The van der Waals surface area contributed by atoms with Crippen molar-refractivity contribution in [1.29, 1.82) is 0 Å². The van der Waals surface area contributed by atoms with Crippen molar-refractivity contribution in [2.75, 3.05) is 13.2 Å². The maximum Gasteiger partial charge on any atom is 0.305 e. The van der Waals surface area contributed by atoms with Gasteiger partial charge in [-0.25, -0.2) is 0 Å². The van der Waals surface area contributed by atoms with Crippen LogP contribution in [-0.2, 0) is 14.3 Å². The molecule has 2 aromatic rings. The van der Waals surface area contributed by atoms with Crippen LogP contribution in [-0.4, -0.2) is 30.9 Å². The Hall–Kier alpha value is -2.93. The summed E-state index contributed by atoms with van der Waals surface area (Å²) in [5.41, 5.74) is 1.42. The summed E-state index contributed by atoms with van der Waals surface area (Å²) < 4.78 is 5.67. The van der Waals surface area contributed by atoms with Gasteiger partial charge in [-0.15, -0.1) is 0 Å². The van der Waals surface area contributed by atoms with Crippen LogP contribution in [0.25, 0.3) is 6.08 Å². The Balaban J connectivity index is 1.95. The van der Waals surface area contributed by atoms with Crippen LogP contribution < -0.4 is 10.6 Å². The molecule has 2 aromatic carbocycles. The maximum atomic E-state index is 12.7. The summed E-state index contributed by atoms with van der Waals surface area (Å²) in [6, 6.07) is 16.3. The van der Waals surface area contributed by atoms with E-state index in [0.29, 0.717) is 31.6 Å². The van der Waals surface area contributed by atoms with Crippen molar-refractivity contribution in [3.8, 4) is 0 Å². The second-order valence-electron chi connectivity index (χ2n) is 6.80. The minimum Gasteiger partial charge on any atom is -0.466 e. The molecule has 6 nitrogen and oxygen atoms in total. The molecule has 0 saturated carbocycles. The van der Waals surface area contributed by atoms with Gasteiger partial charge in [-0.2, -0.15) is 0 Å². The van der Waals surface area contributed by atoms with E-state index >= 15 is 0 Å². The van der Waals surface area contributed by atoms with Crippen LogP contribution >= 0.6 is 15.9 Å². The van der Waals surface area contributed by atoms with Crippen molar-refractivity contribution < 1.29 is 19.1 Å². The monoisotopic (exact) mass is 486 g/mol. The number of halogens is 1. The molecule has 0 spiro atoms. The van der Waals surface area contributed by atoms with Gasteiger partial charge in [0.25, 0.3) is 11.8 Å². The zero-order valence-electron chi connectivity index (χ0n) is 17.5.